The number of halogens is 1. The summed E-state index contributed by atoms with van der Waals surface area (Å²) in [4.78, 5) is 38.8. The quantitative estimate of drug-likeness (QED) is 0.235. The third kappa shape index (κ3) is 6.63. The molecule has 0 saturated carbocycles. The van der Waals surface area contributed by atoms with E-state index in [9.17, 15) is 9.59 Å². The molecule has 2 aromatic carbocycles. The molecule has 212 valence electrons. The largest absolute Gasteiger partial charge is 0.383 e. The van der Waals surface area contributed by atoms with Gasteiger partial charge in [-0.15, -0.1) is 0 Å². The van der Waals surface area contributed by atoms with Crippen LogP contribution in [0.1, 0.15) is 36.0 Å². The number of hydrogen-bond donors (Lipinski definition) is 1. The van der Waals surface area contributed by atoms with Crippen molar-refractivity contribution in [2.45, 2.75) is 32.2 Å². The molecule has 1 fully saturated rings. The maximum atomic E-state index is 13.1. The Bertz CT molecular complexity index is 1510. The van der Waals surface area contributed by atoms with Crippen LogP contribution in [-0.2, 0) is 16.1 Å². The van der Waals surface area contributed by atoms with Crippen molar-refractivity contribution < 1.29 is 14.3 Å². The van der Waals surface area contributed by atoms with Gasteiger partial charge in [-0.2, -0.15) is 0 Å². The summed E-state index contributed by atoms with van der Waals surface area (Å²) in [5.41, 5.74) is 3.22. The van der Waals surface area contributed by atoms with Gasteiger partial charge in [0.05, 0.1) is 34.4 Å². The van der Waals surface area contributed by atoms with E-state index in [1.807, 2.05) is 60.3 Å². The molecule has 0 radical (unpaired) electrons. The lowest BCUT2D eigenvalue weighted by atomic mass is 9.90. The number of amides is 1. The third-order valence-corrected chi connectivity index (χ3v) is 8.53. The minimum Gasteiger partial charge on any atom is -0.383 e. The van der Waals surface area contributed by atoms with E-state index in [4.69, 9.17) is 21.3 Å². The minimum atomic E-state index is 0.122. The van der Waals surface area contributed by atoms with Gasteiger partial charge in [-0.05, 0) is 75.7 Å². The number of methoxy groups -OCH3 is 1. The molecule has 1 aliphatic rings. The van der Waals surface area contributed by atoms with Crippen molar-refractivity contribution in [1.82, 2.24) is 24.3 Å². The van der Waals surface area contributed by atoms with Crippen LogP contribution in [0, 0.1) is 5.92 Å². The summed E-state index contributed by atoms with van der Waals surface area (Å²) < 4.78 is 8.38. The second-order valence-corrected chi connectivity index (χ2v) is 12.0. The number of piperidine rings is 1. The standard InChI is InChI=1S/C29H35ClN6O3S/c1-34(2)18-27(38)35-12-10-19(11-13-35)4-9-25(37)20-5-8-24-23(16-20)31-28(36(24)14-15-39-3)33-29-32-22-7-6-21(30)17-26(22)40-29/h5-8,16-17,19H,4,9-15,18H2,1-3H3,(H,31,32,33). The predicted octanol–water partition coefficient (Wildman–Crippen LogP) is 5.45. The van der Waals surface area contributed by atoms with Crippen LogP contribution in [0.15, 0.2) is 36.4 Å². The van der Waals surface area contributed by atoms with Crippen molar-refractivity contribution in [3.8, 4) is 0 Å². The number of Topliss-reactive ketones (excluding diaryl/α,β-unsaturated/α-hetero) is 1. The summed E-state index contributed by atoms with van der Waals surface area (Å²) in [7, 11) is 5.49. The van der Waals surface area contributed by atoms with Gasteiger partial charge in [0.1, 0.15) is 0 Å². The summed E-state index contributed by atoms with van der Waals surface area (Å²) in [5.74, 6) is 1.41. The fraction of sp³-hybridized carbons (Fsp3) is 0.448. The third-order valence-electron chi connectivity index (χ3n) is 7.36. The fourth-order valence-electron chi connectivity index (χ4n) is 5.18. The SMILES string of the molecule is COCCn1c(Nc2nc3ccc(Cl)cc3s2)nc2cc(C(=O)CCC3CCN(C(=O)CN(C)C)CC3)ccc21. The van der Waals surface area contributed by atoms with Crippen molar-refractivity contribution in [3.05, 3.63) is 47.0 Å². The van der Waals surface area contributed by atoms with E-state index in [1.54, 1.807) is 7.11 Å². The second-order valence-electron chi connectivity index (χ2n) is 10.6. The van der Waals surface area contributed by atoms with Crippen LogP contribution in [0.3, 0.4) is 0 Å². The minimum absolute atomic E-state index is 0.122. The molecular weight excluding hydrogens is 548 g/mol. The number of nitrogens with zero attached hydrogens (tertiary/aromatic N) is 5. The first-order chi connectivity index (χ1) is 19.3. The Hall–Kier alpha value is -3.05. The van der Waals surface area contributed by atoms with Crippen LogP contribution in [0.25, 0.3) is 21.3 Å². The molecule has 0 bridgehead atoms. The highest BCUT2D eigenvalue weighted by molar-refractivity contribution is 7.22. The van der Waals surface area contributed by atoms with E-state index in [0.29, 0.717) is 48.6 Å². The number of ether oxygens (including phenoxy) is 1. The van der Waals surface area contributed by atoms with Gasteiger partial charge in [0.2, 0.25) is 11.9 Å². The van der Waals surface area contributed by atoms with Gasteiger partial charge in [0.15, 0.2) is 10.9 Å². The summed E-state index contributed by atoms with van der Waals surface area (Å²) in [5, 5.41) is 4.76. The number of rotatable bonds is 11. The Morgan fingerprint density at radius 1 is 1.12 bits per heavy atom. The first-order valence-electron chi connectivity index (χ1n) is 13.6. The number of ketones is 1. The molecule has 4 aromatic rings. The predicted molar refractivity (Wildman–Crippen MR) is 161 cm³/mol. The molecule has 1 N–H and O–H groups in total. The molecule has 40 heavy (non-hydrogen) atoms. The Balaban J connectivity index is 1.26. The normalized spacial score (nSPS) is 14.5. The molecule has 11 heteroatoms. The second kappa shape index (κ2) is 12.6. The lowest BCUT2D eigenvalue weighted by molar-refractivity contribution is -0.133. The number of hydrogen-bond acceptors (Lipinski definition) is 8. The maximum Gasteiger partial charge on any atom is 0.236 e. The number of imidazole rings is 1. The molecule has 2 aromatic heterocycles. The van der Waals surface area contributed by atoms with Crippen molar-refractivity contribution >= 4 is 67.0 Å². The molecule has 1 aliphatic heterocycles. The van der Waals surface area contributed by atoms with Gasteiger partial charge in [-0.25, -0.2) is 9.97 Å². The summed E-state index contributed by atoms with van der Waals surface area (Å²) in [6.07, 6.45) is 3.22. The van der Waals surface area contributed by atoms with Crippen LogP contribution < -0.4 is 5.32 Å². The molecule has 1 saturated heterocycles. The number of likely N-dealkylation sites (N-methyl/N-ethyl adjacent to an activating group) is 1. The lowest BCUT2D eigenvalue weighted by Crippen LogP contribution is -2.42. The highest BCUT2D eigenvalue weighted by Crippen LogP contribution is 2.32. The number of anilines is 2. The van der Waals surface area contributed by atoms with Gasteiger partial charge in [-0.1, -0.05) is 22.9 Å². The first kappa shape index (κ1) is 28.5. The number of carbonyl (C=O) groups is 2. The van der Waals surface area contributed by atoms with Crippen molar-refractivity contribution in [2.24, 2.45) is 5.92 Å². The zero-order valence-electron chi connectivity index (χ0n) is 23.2. The highest BCUT2D eigenvalue weighted by atomic mass is 35.5. The van der Waals surface area contributed by atoms with E-state index < -0.39 is 0 Å². The number of benzene rings is 2. The van der Waals surface area contributed by atoms with E-state index in [0.717, 1.165) is 58.7 Å². The number of carbonyl (C=O) groups excluding carboxylic acids is 2. The van der Waals surface area contributed by atoms with Crippen molar-refractivity contribution in [2.75, 3.05) is 52.8 Å². The maximum absolute atomic E-state index is 13.1. The molecule has 3 heterocycles. The van der Waals surface area contributed by atoms with E-state index >= 15 is 0 Å². The number of aromatic nitrogens is 3. The van der Waals surface area contributed by atoms with Crippen LogP contribution in [-0.4, -0.2) is 83.5 Å². The van der Waals surface area contributed by atoms with Gasteiger partial charge in [-0.3, -0.25) is 9.59 Å². The molecule has 9 nitrogen and oxygen atoms in total. The zero-order chi connectivity index (χ0) is 28.2. The average Bonchev–Trinajstić information content (AvgIpc) is 3.49. The van der Waals surface area contributed by atoms with Gasteiger partial charge < -0.3 is 24.4 Å². The van der Waals surface area contributed by atoms with E-state index in [-0.39, 0.29) is 11.7 Å². The molecule has 0 unspecified atom stereocenters. The Labute approximate surface area is 243 Å². The van der Waals surface area contributed by atoms with Crippen LogP contribution in [0.4, 0.5) is 11.1 Å². The van der Waals surface area contributed by atoms with Gasteiger partial charge in [0.25, 0.3) is 0 Å². The fourth-order valence-corrected chi connectivity index (χ4v) is 6.31. The molecular formula is C29H35ClN6O3S. The lowest BCUT2D eigenvalue weighted by Gasteiger charge is -2.32. The molecule has 0 aliphatic carbocycles. The van der Waals surface area contributed by atoms with Crippen molar-refractivity contribution in [1.29, 1.82) is 0 Å². The van der Waals surface area contributed by atoms with Crippen LogP contribution in [0.5, 0.6) is 0 Å². The van der Waals surface area contributed by atoms with Gasteiger partial charge >= 0.3 is 0 Å². The summed E-state index contributed by atoms with van der Waals surface area (Å²) >= 11 is 7.66. The van der Waals surface area contributed by atoms with Crippen molar-refractivity contribution in [3.63, 3.8) is 0 Å². The number of likely N-dealkylation sites (tertiary alicyclic amines) is 1. The van der Waals surface area contributed by atoms with Gasteiger partial charge in [0, 0.05) is 43.8 Å². The Kier molecular flexibility index (Phi) is 9.00. The monoisotopic (exact) mass is 582 g/mol. The summed E-state index contributed by atoms with van der Waals surface area (Å²) in [6.45, 7) is 3.12. The zero-order valence-corrected chi connectivity index (χ0v) is 24.7. The van der Waals surface area contributed by atoms with E-state index in [1.165, 1.54) is 11.3 Å². The number of nitrogens with one attached hydrogen (secondary N) is 1. The molecule has 0 spiro atoms. The molecule has 5 rings (SSSR count). The van der Waals surface area contributed by atoms with Crippen LogP contribution in [0.2, 0.25) is 5.02 Å². The molecule has 0 atom stereocenters. The Morgan fingerprint density at radius 2 is 1.93 bits per heavy atom. The van der Waals surface area contributed by atoms with E-state index in [2.05, 4.69) is 14.9 Å². The number of thiazole rings is 1. The summed E-state index contributed by atoms with van der Waals surface area (Å²) in [6, 6.07) is 11.4. The highest BCUT2D eigenvalue weighted by Gasteiger charge is 2.24. The first-order valence-corrected chi connectivity index (χ1v) is 14.8. The topological polar surface area (TPSA) is 92.6 Å². The Morgan fingerprint density at radius 3 is 2.67 bits per heavy atom. The average molecular weight is 583 g/mol. The number of fused-ring (bicyclic) bond motifs is 2. The molecule has 1 amide bonds. The smallest absolute Gasteiger partial charge is 0.236 e. The van der Waals surface area contributed by atoms with Crippen LogP contribution >= 0.6 is 22.9 Å².